The van der Waals surface area contributed by atoms with Gasteiger partial charge in [0, 0.05) is 6.61 Å². The lowest BCUT2D eigenvalue weighted by atomic mass is 9.84. The number of hydrazine groups is 1. The van der Waals surface area contributed by atoms with E-state index in [1.165, 1.54) is 12.1 Å². The molecule has 0 heterocycles. The summed E-state index contributed by atoms with van der Waals surface area (Å²) >= 11 is 0. The third-order valence-electron chi connectivity index (χ3n) is 3.52. The van der Waals surface area contributed by atoms with Crippen molar-refractivity contribution in [3.63, 3.8) is 0 Å². The molecule has 1 unspecified atom stereocenters. The van der Waals surface area contributed by atoms with Crippen molar-refractivity contribution in [2.45, 2.75) is 45.3 Å². The average molecular weight is 254 g/mol. The minimum Gasteiger partial charge on any atom is -0.373 e. The Bertz CT molecular complexity index is 349. The fourth-order valence-corrected chi connectivity index (χ4v) is 2.44. The molecule has 0 aromatic heterocycles. The van der Waals surface area contributed by atoms with Crippen LogP contribution >= 0.6 is 0 Å². The van der Waals surface area contributed by atoms with Crippen LogP contribution in [0.2, 0.25) is 0 Å². The normalized spacial score (nSPS) is 13.6. The first-order valence-electron chi connectivity index (χ1n) is 6.49. The molecule has 1 atom stereocenters. The van der Waals surface area contributed by atoms with E-state index in [1.807, 2.05) is 6.92 Å². The molecule has 102 valence electrons. The van der Waals surface area contributed by atoms with E-state index in [0.717, 1.165) is 18.4 Å². The Morgan fingerprint density at radius 1 is 1.22 bits per heavy atom. The minimum absolute atomic E-state index is 0.145. The lowest BCUT2D eigenvalue weighted by Gasteiger charge is -2.39. The molecule has 0 bridgehead atoms. The molecule has 3 N–H and O–H groups in total. The highest BCUT2D eigenvalue weighted by atomic mass is 19.1. The molecule has 0 saturated heterocycles. The molecule has 1 aromatic carbocycles. The van der Waals surface area contributed by atoms with E-state index in [1.54, 1.807) is 12.1 Å². The maximum absolute atomic E-state index is 13.0. The largest absolute Gasteiger partial charge is 0.373 e. The molecule has 0 aliphatic carbocycles. The third-order valence-corrected chi connectivity index (χ3v) is 3.52. The summed E-state index contributed by atoms with van der Waals surface area (Å²) in [7, 11) is 0. The van der Waals surface area contributed by atoms with E-state index in [9.17, 15) is 4.39 Å². The Hall–Kier alpha value is -0.970. The summed E-state index contributed by atoms with van der Waals surface area (Å²) in [4.78, 5) is 0. The van der Waals surface area contributed by atoms with Crippen LogP contribution in [0.25, 0.3) is 0 Å². The average Bonchev–Trinajstić information content (AvgIpc) is 2.40. The van der Waals surface area contributed by atoms with Crippen LogP contribution in [0.15, 0.2) is 24.3 Å². The lowest BCUT2D eigenvalue weighted by molar-refractivity contribution is -0.0734. The zero-order valence-corrected chi connectivity index (χ0v) is 11.4. The maximum Gasteiger partial charge on any atom is 0.123 e. The van der Waals surface area contributed by atoms with Gasteiger partial charge in [-0.25, -0.2) is 4.39 Å². The van der Waals surface area contributed by atoms with E-state index < -0.39 is 0 Å². The van der Waals surface area contributed by atoms with Crippen LogP contribution in [0, 0.1) is 5.82 Å². The van der Waals surface area contributed by atoms with Crippen molar-refractivity contribution in [3.05, 3.63) is 35.6 Å². The first kappa shape index (κ1) is 15.1. The van der Waals surface area contributed by atoms with Gasteiger partial charge >= 0.3 is 0 Å². The number of rotatable bonds is 7. The van der Waals surface area contributed by atoms with Crippen LogP contribution in [0.3, 0.4) is 0 Å². The van der Waals surface area contributed by atoms with Crippen LogP contribution in [0.1, 0.15) is 45.2 Å². The van der Waals surface area contributed by atoms with E-state index in [-0.39, 0.29) is 17.5 Å². The van der Waals surface area contributed by atoms with Gasteiger partial charge in [0.05, 0.1) is 11.6 Å². The van der Waals surface area contributed by atoms with E-state index in [2.05, 4.69) is 19.3 Å². The second-order valence-electron chi connectivity index (χ2n) is 4.36. The van der Waals surface area contributed by atoms with Crippen molar-refractivity contribution in [1.82, 2.24) is 5.43 Å². The zero-order valence-electron chi connectivity index (χ0n) is 11.4. The standard InChI is InChI=1S/C14H23FN2O/c1-4-14(5-2,18-6-3)13(17-16)11-7-9-12(15)10-8-11/h7-10,13,17H,4-6,16H2,1-3H3. The quantitative estimate of drug-likeness (QED) is 0.581. The third kappa shape index (κ3) is 3.07. The van der Waals surface area contributed by atoms with Crippen LogP contribution in [-0.4, -0.2) is 12.2 Å². The van der Waals surface area contributed by atoms with Gasteiger partial charge in [0.15, 0.2) is 0 Å². The van der Waals surface area contributed by atoms with Crippen LogP contribution in [0.4, 0.5) is 4.39 Å². The van der Waals surface area contributed by atoms with Gasteiger partial charge in [0.1, 0.15) is 5.82 Å². The molecule has 4 heteroatoms. The molecule has 0 aliphatic rings. The second-order valence-corrected chi connectivity index (χ2v) is 4.36. The first-order chi connectivity index (χ1) is 8.63. The summed E-state index contributed by atoms with van der Waals surface area (Å²) in [5.41, 5.74) is 3.40. The van der Waals surface area contributed by atoms with Gasteiger partial charge in [0.2, 0.25) is 0 Å². The van der Waals surface area contributed by atoms with Crippen LogP contribution < -0.4 is 11.3 Å². The number of hydrogen-bond acceptors (Lipinski definition) is 3. The van der Waals surface area contributed by atoms with Crippen molar-refractivity contribution in [2.24, 2.45) is 5.84 Å². The maximum atomic E-state index is 13.0. The van der Waals surface area contributed by atoms with Gasteiger partial charge in [-0.3, -0.25) is 11.3 Å². The molecule has 0 radical (unpaired) electrons. The second kappa shape index (κ2) is 6.83. The number of halogens is 1. The summed E-state index contributed by atoms with van der Waals surface area (Å²) in [5, 5.41) is 0. The summed E-state index contributed by atoms with van der Waals surface area (Å²) in [6.07, 6.45) is 1.67. The molecular formula is C14H23FN2O. The molecule has 1 aromatic rings. The molecule has 1 rings (SSSR count). The van der Waals surface area contributed by atoms with E-state index in [4.69, 9.17) is 10.6 Å². The van der Waals surface area contributed by atoms with Crippen LogP contribution in [0.5, 0.6) is 0 Å². The summed E-state index contributed by atoms with van der Waals surface area (Å²) < 4.78 is 18.9. The highest BCUT2D eigenvalue weighted by Gasteiger charge is 2.36. The van der Waals surface area contributed by atoms with Gasteiger partial charge in [-0.15, -0.1) is 0 Å². The van der Waals surface area contributed by atoms with Gasteiger partial charge < -0.3 is 4.74 Å². The highest BCUT2D eigenvalue weighted by Crippen LogP contribution is 2.34. The molecule has 0 saturated carbocycles. The SMILES string of the molecule is CCOC(CC)(CC)C(NN)c1ccc(F)cc1. The Morgan fingerprint density at radius 2 is 1.78 bits per heavy atom. The predicted molar refractivity (Wildman–Crippen MR) is 71.4 cm³/mol. The molecule has 0 amide bonds. The Balaban J connectivity index is 3.08. The van der Waals surface area contributed by atoms with Crippen molar-refractivity contribution in [3.8, 4) is 0 Å². The number of hydrogen-bond donors (Lipinski definition) is 2. The predicted octanol–water partition coefficient (Wildman–Crippen LogP) is 2.93. The molecule has 0 fully saturated rings. The van der Waals surface area contributed by atoms with Gasteiger partial charge in [-0.2, -0.15) is 0 Å². The Morgan fingerprint density at radius 3 is 2.17 bits per heavy atom. The molecule has 18 heavy (non-hydrogen) atoms. The molecular weight excluding hydrogens is 231 g/mol. The van der Waals surface area contributed by atoms with Crippen molar-refractivity contribution in [2.75, 3.05) is 6.61 Å². The van der Waals surface area contributed by atoms with Crippen molar-refractivity contribution >= 4 is 0 Å². The van der Waals surface area contributed by atoms with Crippen LogP contribution in [-0.2, 0) is 4.74 Å². The summed E-state index contributed by atoms with van der Waals surface area (Å²) in [5.74, 6) is 5.44. The molecule has 0 spiro atoms. The molecule has 3 nitrogen and oxygen atoms in total. The highest BCUT2D eigenvalue weighted by molar-refractivity contribution is 5.23. The fraction of sp³-hybridized carbons (Fsp3) is 0.571. The van der Waals surface area contributed by atoms with Crippen molar-refractivity contribution < 1.29 is 9.13 Å². The summed E-state index contributed by atoms with van der Waals surface area (Å²) in [6, 6.07) is 6.24. The topological polar surface area (TPSA) is 47.3 Å². The lowest BCUT2D eigenvalue weighted by Crippen LogP contribution is -2.48. The minimum atomic E-state index is -0.360. The van der Waals surface area contributed by atoms with Gasteiger partial charge in [-0.1, -0.05) is 26.0 Å². The van der Waals surface area contributed by atoms with Gasteiger partial charge in [0.25, 0.3) is 0 Å². The fourth-order valence-electron chi connectivity index (χ4n) is 2.44. The Labute approximate surface area is 108 Å². The molecule has 0 aliphatic heterocycles. The number of ether oxygens (including phenoxy) is 1. The number of nitrogens with two attached hydrogens (primary N) is 1. The van der Waals surface area contributed by atoms with Crippen molar-refractivity contribution in [1.29, 1.82) is 0 Å². The smallest absolute Gasteiger partial charge is 0.123 e. The zero-order chi connectivity index (χ0) is 13.6. The van der Waals surface area contributed by atoms with Gasteiger partial charge in [-0.05, 0) is 37.5 Å². The van der Waals surface area contributed by atoms with E-state index in [0.29, 0.717) is 6.61 Å². The van der Waals surface area contributed by atoms with E-state index >= 15 is 0 Å². The number of nitrogens with one attached hydrogen (secondary N) is 1. The monoisotopic (exact) mass is 254 g/mol. The Kier molecular flexibility index (Phi) is 5.72. The first-order valence-corrected chi connectivity index (χ1v) is 6.49. The number of benzene rings is 1. The summed E-state index contributed by atoms with van der Waals surface area (Å²) in [6.45, 7) is 6.75.